The molecule has 2 amide bonds. The van der Waals surface area contributed by atoms with E-state index in [0.29, 0.717) is 11.3 Å². The van der Waals surface area contributed by atoms with Crippen LogP contribution in [0, 0.1) is 0 Å². The molecule has 0 aliphatic carbocycles. The van der Waals surface area contributed by atoms with Gasteiger partial charge in [-0.25, -0.2) is 5.43 Å². The van der Waals surface area contributed by atoms with E-state index in [4.69, 9.17) is 0 Å². The van der Waals surface area contributed by atoms with Gasteiger partial charge in [-0.15, -0.1) is 0 Å². The Kier molecular flexibility index (Phi) is 5.61. The Morgan fingerprint density at radius 1 is 1.04 bits per heavy atom. The highest BCUT2D eigenvalue weighted by molar-refractivity contribution is 6.39. The van der Waals surface area contributed by atoms with Gasteiger partial charge >= 0.3 is 18.0 Å². The Labute approximate surface area is 146 Å². The number of amides is 2. The molecule has 26 heavy (non-hydrogen) atoms. The van der Waals surface area contributed by atoms with Gasteiger partial charge in [-0.05, 0) is 55.0 Å². The lowest BCUT2D eigenvalue weighted by atomic mass is 10.1. The highest BCUT2D eigenvalue weighted by Crippen LogP contribution is 2.30. The lowest BCUT2D eigenvalue weighted by Crippen LogP contribution is -2.33. The number of carbonyl (C=O) groups is 2. The van der Waals surface area contributed by atoms with Gasteiger partial charge in [0.25, 0.3) is 0 Å². The number of hydrogen-bond acceptors (Lipinski definition) is 4. The van der Waals surface area contributed by atoms with Crippen molar-refractivity contribution in [3.63, 3.8) is 0 Å². The number of aromatic hydroxyl groups is 1. The summed E-state index contributed by atoms with van der Waals surface area (Å²) in [5.74, 6) is -2.24. The van der Waals surface area contributed by atoms with Gasteiger partial charge < -0.3 is 10.4 Å². The summed E-state index contributed by atoms with van der Waals surface area (Å²) in [6.07, 6.45) is -4.56. The number of halogens is 3. The molecule has 9 heteroatoms. The number of anilines is 1. The number of nitrogens with one attached hydrogen (secondary N) is 2. The van der Waals surface area contributed by atoms with Crippen molar-refractivity contribution in [1.82, 2.24) is 5.43 Å². The quantitative estimate of drug-likeness (QED) is 0.444. The molecule has 136 valence electrons. The second kappa shape index (κ2) is 7.68. The fourth-order valence-electron chi connectivity index (χ4n) is 1.91. The molecule has 0 radical (unpaired) electrons. The van der Waals surface area contributed by atoms with Crippen molar-refractivity contribution < 1.29 is 27.9 Å². The third-order valence-corrected chi connectivity index (χ3v) is 3.26. The number of alkyl halides is 3. The number of phenolic OH excluding ortho intramolecular Hbond substituents is 1. The number of hydrogen-bond donors (Lipinski definition) is 3. The van der Waals surface area contributed by atoms with Crippen LogP contribution in [-0.2, 0) is 15.8 Å². The maximum Gasteiger partial charge on any atom is 0.416 e. The van der Waals surface area contributed by atoms with Crippen molar-refractivity contribution in [2.24, 2.45) is 5.10 Å². The first-order valence-corrected chi connectivity index (χ1v) is 7.29. The first kappa shape index (κ1) is 19.0. The molecule has 0 fully saturated rings. The molecular formula is C17H14F3N3O3. The molecule has 0 aliphatic heterocycles. The first-order chi connectivity index (χ1) is 12.2. The minimum atomic E-state index is -4.56. The predicted molar refractivity (Wildman–Crippen MR) is 88.5 cm³/mol. The van der Waals surface area contributed by atoms with Crippen molar-refractivity contribution in [3.05, 3.63) is 59.7 Å². The number of hydrazone groups is 1. The summed E-state index contributed by atoms with van der Waals surface area (Å²) < 4.78 is 37.9. The highest BCUT2D eigenvalue weighted by Gasteiger charge is 2.30. The van der Waals surface area contributed by atoms with Crippen molar-refractivity contribution in [3.8, 4) is 5.75 Å². The summed E-state index contributed by atoms with van der Waals surface area (Å²) in [7, 11) is 0. The minimum Gasteiger partial charge on any atom is -0.508 e. The molecule has 2 rings (SSSR count). The Hall–Kier alpha value is -3.36. The van der Waals surface area contributed by atoms with Crippen LogP contribution in [0.3, 0.4) is 0 Å². The Bertz CT molecular complexity index is 846. The lowest BCUT2D eigenvalue weighted by molar-refractivity contribution is -0.137. The smallest absolute Gasteiger partial charge is 0.416 e. The van der Waals surface area contributed by atoms with Crippen LogP contribution in [0.25, 0.3) is 0 Å². The van der Waals surface area contributed by atoms with Crippen molar-refractivity contribution >= 4 is 23.2 Å². The van der Waals surface area contributed by atoms with E-state index in [0.717, 1.165) is 18.2 Å². The van der Waals surface area contributed by atoms with Gasteiger partial charge in [-0.3, -0.25) is 9.59 Å². The summed E-state index contributed by atoms with van der Waals surface area (Å²) >= 11 is 0. The Morgan fingerprint density at radius 3 is 2.31 bits per heavy atom. The summed E-state index contributed by atoms with van der Waals surface area (Å²) in [6.45, 7) is 1.57. The third kappa shape index (κ3) is 5.07. The average Bonchev–Trinajstić information content (AvgIpc) is 2.59. The lowest BCUT2D eigenvalue weighted by Gasteiger charge is -2.09. The standard InChI is InChI=1S/C17H14F3N3O3/c1-10(11-5-7-14(24)8-6-11)22-23-16(26)15(25)21-13-4-2-3-12(9-13)17(18,19)20/h2-9,24H,1H3,(H,21,25)(H,23,26). The van der Waals surface area contributed by atoms with E-state index in [1.807, 2.05) is 5.43 Å². The summed E-state index contributed by atoms with van der Waals surface area (Å²) in [5.41, 5.74) is 1.86. The maximum atomic E-state index is 12.6. The second-order valence-electron chi connectivity index (χ2n) is 5.22. The van der Waals surface area contributed by atoms with Gasteiger partial charge in [0.2, 0.25) is 0 Å². The summed E-state index contributed by atoms with van der Waals surface area (Å²) in [5, 5.41) is 15.0. The molecule has 0 heterocycles. The zero-order chi connectivity index (χ0) is 19.3. The molecule has 0 spiro atoms. The average molecular weight is 365 g/mol. The van der Waals surface area contributed by atoms with E-state index in [9.17, 15) is 27.9 Å². The maximum absolute atomic E-state index is 12.6. The largest absolute Gasteiger partial charge is 0.508 e. The molecule has 2 aromatic rings. The predicted octanol–water partition coefficient (Wildman–Crippen LogP) is 2.89. The number of benzene rings is 2. The topological polar surface area (TPSA) is 90.8 Å². The van der Waals surface area contributed by atoms with Gasteiger partial charge in [0.15, 0.2) is 0 Å². The van der Waals surface area contributed by atoms with E-state index in [1.54, 1.807) is 19.1 Å². The zero-order valence-corrected chi connectivity index (χ0v) is 13.5. The molecule has 3 N–H and O–H groups in total. The van der Waals surface area contributed by atoms with E-state index in [-0.39, 0.29) is 11.4 Å². The summed E-state index contributed by atoms with van der Waals surface area (Å²) in [6, 6.07) is 9.88. The van der Waals surface area contributed by atoms with Crippen molar-refractivity contribution in [1.29, 1.82) is 0 Å². The van der Waals surface area contributed by atoms with E-state index < -0.39 is 23.6 Å². The normalized spacial score (nSPS) is 11.8. The van der Waals surface area contributed by atoms with Crippen LogP contribution < -0.4 is 10.7 Å². The van der Waals surface area contributed by atoms with E-state index in [1.165, 1.54) is 18.2 Å². The van der Waals surface area contributed by atoms with Crippen LogP contribution in [0.2, 0.25) is 0 Å². The molecule has 0 bridgehead atoms. The van der Waals surface area contributed by atoms with E-state index in [2.05, 4.69) is 10.4 Å². The van der Waals surface area contributed by atoms with Crippen LogP contribution >= 0.6 is 0 Å². The molecule has 0 unspecified atom stereocenters. The molecule has 2 aromatic carbocycles. The molecule has 0 atom stereocenters. The molecule has 0 saturated carbocycles. The monoisotopic (exact) mass is 365 g/mol. The molecular weight excluding hydrogens is 351 g/mol. The fourth-order valence-corrected chi connectivity index (χ4v) is 1.91. The number of phenols is 1. The van der Waals surface area contributed by atoms with Gasteiger partial charge in [0, 0.05) is 5.69 Å². The number of carbonyl (C=O) groups excluding carboxylic acids is 2. The highest BCUT2D eigenvalue weighted by atomic mass is 19.4. The third-order valence-electron chi connectivity index (χ3n) is 3.26. The van der Waals surface area contributed by atoms with Gasteiger partial charge in [-0.2, -0.15) is 18.3 Å². The number of nitrogens with zero attached hydrogens (tertiary/aromatic N) is 1. The van der Waals surface area contributed by atoms with Crippen LogP contribution in [-0.4, -0.2) is 22.6 Å². The van der Waals surface area contributed by atoms with Crippen LogP contribution in [0.15, 0.2) is 53.6 Å². The Balaban J connectivity index is 2.00. The van der Waals surface area contributed by atoms with Gasteiger partial charge in [0.05, 0.1) is 11.3 Å². The van der Waals surface area contributed by atoms with E-state index >= 15 is 0 Å². The minimum absolute atomic E-state index is 0.0612. The second-order valence-corrected chi connectivity index (χ2v) is 5.22. The van der Waals surface area contributed by atoms with Crippen molar-refractivity contribution in [2.75, 3.05) is 5.32 Å². The van der Waals surface area contributed by atoms with Crippen LogP contribution in [0.5, 0.6) is 5.75 Å². The van der Waals surface area contributed by atoms with Crippen LogP contribution in [0.1, 0.15) is 18.1 Å². The van der Waals surface area contributed by atoms with Gasteiger partial charge in [0.1, 0.15) is 5.75 Å². The first-order valence-electron chi connectivity index (χ1n) is 7.29. The fraction of sp³-hybridized carbons (Fsp3) is 0.118. The molecule has 0 aliphatic rings. The molecule has 0 aromatic heterocycles. The number of rotatable bonds is 3. The van der Waals surface area contributed by atoms with Crippen molar-refractivity contribution in [2.45, 2.75) is 13.1 Å². The Morgan fingerprint density at radius 2 is 1.69 bits per heavy atom. The SMILES string of the molecule is CC(=NNC(=O)C(=O)Nc1cccc(C(F)(F)F)c1)c1ccc(O)cc1. The summed E-state index contributed by atoms with van der Waals surface area (Å²) in [4.78, 5) is 23.5. The zero-order valence-electron chi connectivity index (χ0n) is 13.5. The molecule has 6 nitrogen and oxygen atoms in total. The van der Waals surface area contributed by atoms with Crippen LogP contribution in [0.4, 0.5) is 18.9 Å². The molecule has 0 saturated heterocycles. The van der Waals surface area contributed by atoms with Gasteiger partial charge in [-0.1, -0.05) is 6.07 Å².